The van der Waals surface area contributed by atoms with Crippen LogP contribution in [0.15, 0.2) is 42.7 Å². The van der Waals surface area contributed by atoms with Crippen LogP contribution in [0, 0.1) is 6.92 Å². The lowest BCUT2D eigenvalue weighted by Gasteiger charge is -2.34. The summed E-state index contributed by atoms with van der Waals surface area (Å²) in [5.74, 6) is 0.940. The first-order chi connectivity index (χ1) is 9.81. The van der Waals surface area contributed by atoms with Gasteiger partial charge in [0, 0.05) is 36.6 Å². The molecule has 0 spiro atoms. The molecule has 1 aromatic heterocycles. The average molecular weight is 268 g/mol. The van der Waals surface area contributed by atoms with E-state index in [0.717, 1.165) is 37.4 Å². The van der Waals surface area contributed by atoms with Gasteiger partial charge in [-0.05, 0) is 31.9 Å². The van der Waals surface area contributed by atoms with Crippen molar-refractivity contribution in [3.8, 4) is 0 Å². The lowest BCUT2D eigenvalue weighted by molar-refractivity contribution is 0.525. The van der Waals surface area contributed by atoms with Gasteiger partial charge in [0.1, 0.15) is 12.1 Å². The fourth-order valence-corrected chi connectivity index (χ4v) is 2.66. The summed E-state index contributed by atoms with van der Waals surface area (Å²) >= 11 is 0. The van der Waals surface area contributed by atoms with Crippen LogP contribution in [0.1, 0.15) is 18.5 Å². The van der Waals surface area contributed by atoms with E-state index >= 15 is 0 Å². The number of benzene rings is 1. The molecule has 1 saturated heterocycles. The second-order valence-corrected chi connectivity index (χ2v) is 5.29. The summed E-state index contributed by atoms with van der Waals surface area (Å²) in [6.45, 7) is 4.17. The molecular formula is C16H20N4. The van der Waals surface area contributed by atoms with Crippen LogP contribution in [-0.2, 0) is 0 Å². The van der Waals surface area contributed by atoms with Crippen molar-refractivity contribution in [3.05, 3.63) is 48.4 Å². The van der Waals surface area contributed by atoms with Crippen LogP contribution in [0.4, 0.5) is 11.5 Å². The van der Waals surface area contributed by atoms with Gasteiger partial charge in [-0.2, -0.15) is 0 Å². The molecule has 0 aliphatic carbocycles. The zero-order chi connectivity index (χ0) is 13.8. The largest absolute Gasteiger partial charge is 0.371 e. The molecule has 0 amide bonds. The maximum absolute atomic E-state index is 4.28. The fourth-order valence-electron chi connectivity index (χ4n) is 2.66. The summed E-state index contributed by atoms with van der Waals surface area (Å²) in [5, 5.41) is 3.52. The number of aryl methyl sites for hydroxylation is 1. The van der Waals surface area contributed by atoms with E-state index in [4.69, 9.17) is 0 Å². The molecule has 1 fully saturated rings. The van der Waals surface area contributed by atoms with Crippen molar-refractivity contribution in [1.82, 2.24) is 9.97 Å². The van der Waals surface area contributed by atoms with Crippen molar-refractivity contribution >= 4 is 11.5 Å². The average Bonchev–Trinajstić information content (AvgIpc) is 2.49. The third kappa shape index (κ3) is 3.07. The Morgan fingerprint density at radius 1 is 1.10 bits per heavy atom. The van der Waals surface area contributed by atoms with Crippen molar-refractivity contribution < 1.29 is 0 Å². The Hall–Kier alpha value is -2.10. The first kappa shape index (κ1) is 12.9. The Kier molecular flexibility index (Phi) is 3.81. The lowest BCUT2D eigenvalue weighted by Crippen LogP contribution is -2.39. The Morgan fingerprint density at radius 2 is 1.85 bits per heavy atom. The normalized spacial score (nSPS) is 16.1. The first-order valence-electron chi connectivity index (χ1n) is 7.16. The van der Waals surface area contributed by atoms with E-state index in [-0.39, 0.29) is 0 Å². The molecule has 1 aliphatic heterocycles. The smallest absolute Gasteiger partial charge is 0.129 e. The molecule has 2 aromatic rings. The second kappa shape index (κ2) is 5.90. The summed E-state index contributed by atoms with van der Waals surface area (Å²) in [5.41, 5.74) is 2.33. The van der Waals surface area contributed by atoms with E-state index in [1.165, 1.54) is 5.69 Å². The highest BCUT2D eigenvalue weighted by atomic mass is 15.2. The SMILES string of the molecule is Cc1cc(NC2CCN(c3ccccc3)CC2)ncn1. The Bertz CT molecular complexity index is 547. The molecule has 0 atom stereocenters. The number of piperidine rings is 1. The maximum atomic E-state index is 4.28. The van der Waals surface area contributed by atoms with E-state index < -0.39 is 0 Å². The van der Waals surface area contributed by atoms with Gasteiger partial charge < -0.3 is 10.2 Å². The van der Waals surface area contributed by atoms with Gasteiger partial charge in [0.15, 0.2) is 0 Å². The number of para-hydroxylation sites is 1. The third-order valence-corrected chi connectivity index (χ3v) is 3.77. The van der Waals surface area contributed by atoms with Crippen molar-refractivity contribution in [3.63, 3.8) is 0 Å². The van der Waals surface area contributed by atoms with Crippen molar-refractivity contribution in [2.45, 2.75) is 25.8 Å². The van der Waals surface area contributed by atoms with Gasteiger partial charge in [-0.15, -0.1) is 0 Å². The number of anilines is 2. The number of hydrogen-bond donors (Lipinski definition) is 1. The minimum absolute atomic E-state index is 0.504. The first-order valence-corrected chi connectivity index (χ1v) is 7.16. The topological polar surface area (TPSA) is 41.0 Å². The highest BCUT2D eigenvalue weighted by Crippen LogP contribution is 2.21. The minimum atomic E-state index is 0.504. The molecule has 4 nitrogen and oxygen atoms in total. The Balaban J connectivity index is 1.56. The minimum Gasteiger partial charge on any atom is -0.371 e. The van der Waals surface area contributed by atoms with E-state index in [1.54, 1.807) is 6.33 Å². The number of hydrogen-bond acceptors (Lipinski definition) is 4. The number of nitrogens with one attached hydrogen (secondary N) is 1. The van der Waals surface area contributed by atoms with E-state index in [0.29, 0.717) is 6.04 Å². The van der Waals surface area contributed by atoms with E-state index in [2.05, 4.69) is 50.5 Å². The van der Waals surface area contributed by atoms with Crippen molar-refractivity contribution in [2.75, 3.05) is 23.3 Å². The molecule has 3 rings (SSSR count). The lowest BCUT2D eigenvalue weighted by atomic mass is 10.0. The number of nitrogens with zero attached hydrogens (tertiary/aromatic N) is 3. The van der Waals surface area contributed by atoms with Crippen LogP contribution in [0.25, 0.3) is 0 Å². The fraction of sp³-hybridized carbons (Fsp3) is 0.375. The zero-order valence-electron chi connectivity index (χ0n) is 11.8. The van der Waals surface area contributed by atoms with Crippen molar-refractivity contribution in [2.24, 2.45) is 0 Å². The van der Waals surface area contributed by atoms with Gasteiger partial charge in [-0.1, -0.05) is 18.2 Å². The Labute approximate surface area is 119 Å². The quantitative estimate of drug-likeness (QED) is 0.929. The van der Waals surface area contributed by atoms with Crippen LogP contribution in [0.3, 0.4) is 0 Å². The molecule has 0 saturated carbocycles. The zero-order valence-corrected chi connectivity index (χ0v) is 11.8. The van der Waals surface area contributed by atoms with Crippen molar-refractivity contribution in [1.29, 1.82) is 0 Å². The van der Waals surface area contributed by atoms with Gasteiger partial charge in [-0.3, -0.25) is 0 Å². The standard InChI is InChI=1S/C16H20N4/c1-13-11-16(18-12-17-13)19-14-7-9-20(10-8-14)15-5-3-2-4-6-15/h2-6,11-12,14H,7-10H2,1H3,(H,17,18,19). The van der Waals surface area contributed by atoms with Gasteiger partial charge >= 0.3 is 0 Å². The van der Waals surface area contributed by atoms with Crippen LogP contribution < -0.4 is 10.2 Å². The molecule has 0 unspecified atom stereocenters. The predicted molar refractivity (Wildman–Crippen MR) is 82.1 cm³/mol. The Morgan fingerprint density at radius 3 is 2.55 bits per heavy atom. The number of rotatable bonds is 3. The molecule has 4 heteroatoms. The van der Waals surface area contributed by atoms with Crippen LogP contribution in [0.5, 0.6) is 0 Å². The molecule has 20 heavy (non-hydrogen) atoms. The summed E-state index contributed by atoms with van der Waals surface area (Å²) < 4.78 is 0. The van der Waals surface area contributed by atoms with Crippen LogP contribution in [0.2, 0.25) is 0 Å². The predicted octanol–water partition coefficient (Wildman–Crippen LogP) is 2.87. The molecule has 0 radical (unpaired) electrons. The monoisotopic (exact) mass is 268 g/mol. The van der Waals surface area contributed by atoms with Gasteiger partial charge in [0.2, 0.25) is 0 Å². The molecule has 1 N–H and O–H groups in total. The van der Waals surface area contributed by atoms with Crippen LogP contribution >= 0.6 is 0 Å². The van der Waals surface area contributed by atoms with Gasteiger partial charge in [0.05, 0.1) is 0 Å². The molecule has 2 heterocycles. The molecule has 1 aromatic carbocycles. The molecule has 0 bridgehead atoms. The van der Waals surface area contributed by atoms with E-state index in [1.807, 2.05) is 13.0 Å². The molecule has 1 aliphatic rings. The summed E-state index contributed by atoms with van der Waals surface area (Å²) in [7, 11) is 0. The summed E-state index contributed by atoms with van der Waals surface area (Å²) in [6.07, 6.45) is 3.90. The second-order valence-electron chi connectivity index (χ2n) is 5.29. The van der Waals surface area contributed by atoms with Crippen LogP contribution in [-0.4, -0.2) is 29.1 Å². The summed E-state index contributed by atoms with van der Waals surface area (Å²) in [6, 6.07) is 13.1. The molecular weight excluding hydrogens is 248 g/mol. The number of aromatic nitrogens is 2. The highest BCUT2D eigenvalue weighted by molar-refractivity contribution is 5.46. The molecule has 104 valence electrons. The third-order valence-electron chi connectivity index (χ3n) is 3.77. The highest BCUT2D eigenvalue weighted by Gasteiger charge is 2.19. The maximum Gasteiger partial charge on any atom is 0.129 e. The van der Waals surface area contributed by atoms with Gasteiger partial charge in [-0.25, -0.2) is 9.97 Å². The van der Waals surface area contributed by atoms with Gasteiger partial charge in [0.25, 0.3) is 0 Å². The summed E-state index contributed by atoms with van der Waals surface area (Å²) in [4.78, 5) is 10.8. The van der Waals surface area contributed by atoms with E-state index in [9.17, 15) is 0 Å².